The average molecular weight is 549 g/mol. The summed E-state index contributed by atoms with van der Waals surface area (Å²) in [7, 11) is -7.76. The van der Waals surface area contributed by atoms with Gasteiger partial charge in [0, 0.05) is 29.9 Å². The highest BCUT2D eigenvalue weighted by Crippen LogP contribution is 2.31. The van der Waals surface area contributed by atoms with Gasteiger partial charge in [-0.1, -0.05) is 61.4 Å². The van der Waals surface area contributed by atoms with Crippen LogP contribution < -0.4 is 0 Å². The fourth-order valence-corrected chi connectivity index (χ4v) is 7.55. The Hall–Kier alpha value is -2.39. The molecule has 1 aliphatic carbocycles. The topological polar surface area (TPSA) is 74.8 Å². The summed E-state index contributed by atoms with van der Waals surface area (Å²) in [6.45, 7) is 7.88. The molecule has 1 saturated carbocycles. The molecule has 194 valence electrons. The molecule has 1 fully saturated rings. The number of halogens is 1. The zero-order chi connectivity index (χ0) is 26.3. The van der Waals surface area contributed by atoms with Crippen LogP contribution in [0.1, 0.15) is 45.1 Å². The van der Waals surface area contributed by atoms with E-state index in [9.17, 15) is 16.8 Å². The van der Waals surface area contributed by atoms with Crippen molar-refractivity contribution in [1.29, 1.82) is 0 Å². The molecule has 0 amide bonds. The van der Waals surface area contributed by atoms with E-state index >= 15 is 0 Å². The second kappa shape index (κ2) is 12.2. The number of benzene rings is 2. The van der Waals surface area contributed by atoms with E-state index in [0.717, 1.165) is 31.2 Å². The lowest BCUT2D eigenvalue weighted by Gasteiger charge is -2.28. The van der Waals surface area contributed by atoms with Crippen molar-refractivity contribution in [1.82, 2.24) is 8.61 Å². The summed E-state index contributed by atoms with van der Waals surface area (Å²) in [5.74, 6) is 0. The maximum atomic E-state index is 13.7. The van der Waals surface area contributed by atoms with Gasteiger partial charge in [0.15, 0.2) is 0 Å². The third kappa shape index (κ3) is 6.48. The molecule has 0 bridgehead atoms. The van der Waals surface area contributed by atoms with Crippen molar-refractivity contribution in [3.05, 3.63) is 95.7 Å². The van der Waals surface area contributed by atoms with Crippen molar-refractivity contribution in [3.63, 3.8) is 0 Å². The molecule has 3 rings (SSSR count). The quantitative estimate of drug-likeness (QED) is 0.316. The Bertz CT molecular complexity index is 1310. The van der Waals surface area contributed by atoms with E-state index in [1.54, 1.807) is 41.6 Å². The molecule has 2 aromatic rings. The summed E-state index contributed by atoms with van der Waals surface area (Å²) in [5, 5.41) is 0.590. The first-order valence-corrected chi connectivity index (χ1v) is 15.2. The first-order chi connectivity index (χ1) is 17.1. The Balaban J connectivity index is 1.90. The highest BCUT2D eigenvalue weighted by Gasteiger charge is 2.34. The summed E-state index contributed by atoms with van der Waals surface area (Å²) in [6, 6.07) is 12.5. The molecule has 0 atom stereocenters. The zero-order valence-corrected chi connectivity index (χ0v) is 23.1. The van der Waals surface area contributed by atoms with Crippen LogP contribution in [-0.2, 0) is 26.6 Å². The van der Waals surface area contributed by atoms with Crippen LogP contribution in [0.5, 0.6) is 0 Å². The minimum Gasteiger partial charge on any atom is -0.267 e. The SMILES string of the molecule is C=C(/C=C\C=C/C)N(CC)S(=O)(=O)c1ccc(S(=O)(=O)N(Cc2ccc(Cl)cc2)C2CCCC2)cc1. The van der Waals surface area contributed by atoms with Crippen LogP contribution in [0.4, 0.5) is 0 Å². The van der Waals surface area contributed by atoms with Gasteiger partial charge in [-0.25, -0.2) is 16.8 Å². The Kier molecular flexibility index (Phi) is 9.58. The van der Waals surface area contributed by atoms with Crippen LogP contribution in [0.2, 0.25) is 5.02 Å². The molecule has 0 saturated heterocycles. The molecule has 2 aromatic carbocycles. The van der Waals surface area contributed by atoms with Gasteiger partial charge < -0.3 is 0 Å². The van der Waals surface area contributed by atoms with Gasteiger partial charge in [-0.2, -0.15) is 4.31 Å². The predicted octanol–water partition coefficient (Wildman–Crippen LogP) is 6.13. The number of nitrogens with zero attached hydrogens (tertiary/aromatic N) is 2. The first-order valence-electron chi connectivity index (χ1n) is 12.0. The minimum absolute atomic E-state index is 0.00833. The lowest BCUT2D eigenvalue weighted by molar-refractivity contribution is 0.316. The molecular formula is C27H33ClN2O4S2. The Labute approximate surface area is 220 Å². The number of likely N-dealkylation sites (N-methyl/N-ethyl adjacent to an activating group) is 1. The molecule has 0 aromatic heterocycles. The summed E-state index contributed by atoms with van der Waals surface area (Å²) >= 11 is 6.00. The highest BCUT2D eigenvalue weighted by molar-refractivity contribution is 7.89. The Morgan fingerprint density at radius 1 is 0.944 bits per heavy atom. The lowest BCUT2D eigenvalue weighted by atomic mass is 10.2. The zero-order valence-electron chi connectivity index (χ0n) is 20.7. The van der Waals surface area contributed by atoms with Gasteiger partial charge in [0.05, 0.1) is 9.79 Å². The predicted molar refractivity (Wildman–Crippen MR) is 146 cm³/mol. The van der Waals surface area contributed by atoms with Crippen LogP contribution in [0.15, 0.2) is 94.9 Å². The highest BCUT2D eigenvalue weighted by atomic mass is 35.5. The number of hydrogen-bond donors (Lipinski definition) is 0. The fourth-order valence-electron chi connectivity index (χ4n) is 4.31. The van der Waals surface area contributed by atoms with E-state index in [1.807, 2.05) is 25.1 Å². The molecule has 9 heteroatoms. The second-order valence-electron chi connectivity index (χ2n) is 8.63. The third-order valence-electron chi connectivity index (χ3n) is 6.20. The number of hydrogen-bond acceptors (Lipinski definition) is 4. The molecule has 0 heterocycles. The summed E-state index contributed by atoms with van der Waals surface area (Å²) in [5.41, 5.74) is 1.17. The van der Waals surface area contributed by atoms with Crippen molar-refractivity contribution in [3.8, 4) is 0 Å². The maximum absolute atomic E-state index is 13.7. The first kappa shape index (κ1) is 28.2. The molecule has 6 nitrogen and oxygen atoms in total. The molecule has 0 unspecified atom stereocenters. The van der Waals surface area contributed by atoms with Gasteiger partial charge in [0.2, 0.25) is 10.0 Å². The van der Waals surface area contributed by atoms with Gasteiger partial charge in [-0.15, -0.1) is 0 Å². The summed E-state index contributed by atoms with van der Waals surface area (Å²) < 4.78 is 56.7. The van der Waals surface area contributed by atoms with Crippen LogP contribution in [0.3, 0.4) is 0 Å². The van der Waals surface area contributed by atoms with Crippen LogP contribution in [0.25, 0.3) is 0 Å². The van der Waals surface area contributed by atoms with Crippen molar-refractivity contribution >= 4 is 31.6 Å². The molecule has 0 N–H and O–H groups in total. The second-order valence-corrected chi connectivity index (χ2v) is 12.8. The standard InChI is InChI=1S/C27H33ClN2O4S2/c1-4-6-7-10-22(3)29(5-2)35(31,32)26-17-19-27(20-18-26)36(33,34)30(25-11-8-9-12-25)21-23-13-15-24(28)16-14-23/h4,6-7,10,13-20,25H,3,5,8-9,11-12,21H2,1-2H3/b6-4-,10-7-. The van der Waals surface area contributed by atoms with E-state index < -0.39 is 20.0 Å². The Morgan fingerprint density at radius 2 is 1.50 bits per heavy atom. The summed E-state index contributed by atoms with van der Waals surface area (Å²) in [4.78, 5) is 0.0752. The molecule has 36 heavy (non-hydrogen) atoms. The van der Waals surface area contributed by atoms with E-state index in [1.165, 1.54) is 28.6 Å². The van der Waals surface area contributed by atoms with Crippen molar-refractivity contribution < 1.29 is 16.8 Å². The third-order valence-corrected chi connectivity index (χ3v) is 10.3. The molecule has 0 spiro atoms. The fraction of sp³-hybridized carbons (Fsp3) is 0.333. The van der Waals surface area contributed by atoms with Crippen LogP contribution in [0, 0.1) is 0 Å². The van der Waals surface area contributed by atoms with Gasteiger partial charge in [0.1, 0.15) is 0 Å². The van der Waals surface area contributed by atoms with Crippen molar-refractivity contribution in [2.75, 3.05) is 6.54 Å². The Morgan fingerprint density at radius 3 is 2.03 bits per heavy atom. The van der Waals surface area contributed by atoms with Gasteiger partial charge in [-0.3, -0.25) is 4.31 Å². The molecule has 0 radical (unpaired) electrons. The normalized spacial score (nSPS) is 15.3. The monoisotopic (exact) mass is 548 g/mol. The van der Waals surface area contributed by atoms with Gasteiger partial charge >= 0.3 is 0 Å². The smallest absolute Gasteiger partial charge is 0.264 e. The van der Waals surface area contributed by atoms with Crippen molar-refractivity contribution in [2.24, 2.45) is 0 Å². The summed E-state index contributed by atoms with van der Waals surface area (Å²) in [6.07, 6.45) is 10.5. The van der Waals surface area contributed by atoms with E-state index in [2.05, 4.69) is 6.58 Å². The largest absolute Gasteiger partial charge is 0.267 e. The van der Waals surface area contributed by atoms with E-state index in [-0.39, 0.29) is 28.9 Å². The molecule has 0 aliphatic heterocycles. The van der Waals surface area contributed by atoms with Crippen LogP contribution in [-0.4, -0.2) is 38.0 Å². The average Bonchev–Trinajstić information content (AvgIpc) is 3.38. The van der Waals surface area contributed by atoms with E-state index in [0.29, 0.717) is 10.7 Å². The minimum atomic E-state index is -3.90. The van der Waals surface area contributed by atoms with Gasteiger partial charge in [0.25, 0.3) is 10.0 Å². The van der Waals surface area contributed by atoms with E-state index in [4.69, 9.17) is 11.6 Å². The lowest BCUT2D eigenvalue weighted by Crippen LogP contribution is -2.38. The maximum Gasteiger partial charge on any atom is 0.264 e. The van der Waals surface area contributed by atoms with Gasteiger partial charge in [-0.05, 0) is 74.7 Å². The number of rotatable bonds is 11. The van der Waals surface area contributed by atoms with Crippen LogP contribution >= 0.6 is 11.6 Å². The molecule has 1 aliphatic rings. The molecular weight excluding hydrogens is 516 g/mol. The van der Waals surface area contributed by atoms with Crippen molar-refractivity contribution in [2.45, 2.75) is 61.9 Å². The number of allylic oxidation sites excluding steroid dienone is 4. The number of sulfonamides is 2.